The van der Waals surface area contributed by atoms with Crippen molar-refractivity contribution in [3.63, 3.8) is 0 Å². The van der Waals surface area contributed by atoms with Gasteiger partial charge in [-0.25, -0.2) is 13.8 Å². The lowest BCUT2D eigenvalue weighted by Crippen LogP contribution is -2.08. The van der Waals surface area contributed by atoms with Gasteiger partial charge in [-0.05, 0) is 81.4 Å². The molecule has 0 aliphatic carbocycles. The van der Waals surface area contributed by atoms with Crippen LogP contribution in [0.4, 0.5) is 8.78 Å². The average Bonchev–Trinajstić information content (AvgIpc) is 3.29. The summed E-state index contributed by atoms with van der Waals surface area (Å²) in [5.74, 6) is 0.621. The first kappa shape index (κ1) is 26.1. The molecule has 0 N–H and O–H groups in total. The lowest BCUT2D eigenvalue weighted by molar-refractivity contribution is 0.416. The number of ether oxygens (including phenoxy) is 1. The maximum Gasteiger partial charge on any atom is 0.145 e. The number of nitrogens with zero attached hydrogens (tertiary/aromatic N) is 2. The summed E-state index contributed by atoms with van der Waals surface area (Å²) >= 11 is 3.25. The Balaban J connectivity index is 1.87. The number of halogens is 3. The summed E-state index contributed by atoms with van der Waals surface area (Å²) in [6.07, 6.45) is 0. The van der Waals surface area contributed by atoms with Gasteiger partial charge < -0.3 is 4.74 Å². The molecule has 0 radical (unpaired) electrons. The van der Waals surface area contributed by atoms with E-state index in [1.807, 2.05) is 30.3 Å². The molecule has 0 atom stereocenters. The monoisotopic (exact) mass is 574 g/mol. The third-order valence-electron chi connectivity index (χ3n) is 6.90. The molecule has 0 fully saturated rings. The molecule has 6 heteroatoms. The summed E-state index contributed by atoms with van der Waals surface area (Å²) in [4.78, 5) is 5.06. The molecule has 0 aliphatic rings. The van der Waals surface area contributed by atoms with E-state index >= 15 is 4.39 Å². The van der Waals surface area contributed by atoms with E-state index in [1.165, 1.54) is 18.2 Å². The summed E-state index contributed by atoms with van der Waals surface area (Å²) < 4.78 is 37.4. The van der Waals surface area contributed by atoms with Crippen molar-refractivity contribution in [3.05, 3.63) is 100 Å². The zero-order chi connectivity index (χ0) is 27.1. The van der Waals surface area contributed by atoms with Crippen molar-refractivity contribution < 1.29 is 13.5 Å². The zero-order valence-corrected chi connectivity index (χ0v) is 23.6. The van der Waals surface area contributed by atoms with Gasteiger partial charge in [0.2, 0.25) is 0 Å². The number of methoxy groups -OCH3 is 1. The largest absolute Gasteiger partial charge is 0.496 e. The van der Waals surface area contributed by atoms with Crippen LogP contribution in [-0.4, -0.2) is 16.7 Å². The zero-order valence-electron chi connectivity index (χ0n) is 22.0. The van der Waals surface area contributed by atoms with Gasteiger partial charge in [-0.1, -0.05) is 58.0 Å². The molecule has 0 spiro atoms. The third kappa shape index (κ3) is 4.41. The van der Waals surface area contributed by atoms with E-state index in [0.717, 1.165) is 40.2 Å². The molecule has 194 valence electrons. The van der Waals surface area contributed by atoms with Gasteiger partial charge in [0.05, 0.1) is 28.3 Å². The number of hydrogen-bond donors (Lipinski definition) is 0. The smallest absolute Gasteiger partial charge is 0.145 e. The number of fused-ring (bicyclic) bond motifs is 1. The van der Waals surface area contributed by atoms with Gasteiger partial charge >= 0.3 is 0 Å². The predicted octanol–water partition coefficient (Wildman–Crippen LogP) is 9.66. The fourth-order valence-corrected chi connectivity index (χ4v) is 5.57. The molecular weight excluding hydrogens is 546 g/mol. The van der Waals surface area contributed by atoms with Crippen molar-refractivity contribution in [2.45, 2.75) is 39.5 Å². The van der Waals surface area contributed by atoms with Crippen molar-refractivity contribution in [3.8, 4) is 34.0 Å². The molecule has 0 unspecified atom stereocenters. The van der Waals surface area contributed by atoms with E-state index in [4.69, 9.17) is 9.72 Å². The standard InChI is InChI=1S/C32H29BrF2N2O/c1-18(2)21-9-8-10-22(19(3)4)31(21)37-27-12-7-6-11-26(27)36-32(37)20-13-16-28(38-5)23(17-20)29-24(34)14-15-25(35)30(29)33/h6-19H,1-5H3. The number of benzene rings is 4. The number of aromatic nitrogens is 2. The van der Waals surface area contributed by atoms with Gasteiger partial charge in [0.25, 0.3) is 0 Å². The van der Waals surface area contributed by atoms with Crippen LogP contribution in [0.15, 0.2) is 77.3 Å². The second-order valence-electron chi connectivity index (χ2n) is 9.99. The summed E-state index contributed by atoms with van der Waals surface area (Å²) in [7, 11) is 1.52. The molecular formula is C32H29BrF2N2O. The number of para-hydroxylation sites is 3. The van der Waals surface area contributed by atoms with E-state index in [2.05, 4.69) is 72.5 Å². The molecule has 1 heterocycles. The Hall–Kier alpha value is -3.51. The fourth-order valence-electron chi connectivity index (χ4n) is 5.03. The minimum Gasteiger partial charge on any atom is -0.496 e. The molecule has 0 saturated carbocycles. The predicted molar refractivity (Wildman–Crippen MR) is 154 cm³/mol. The van der Waals surface area contributed by atoms with Crippen LogP contribution >= 0.6 is 15.9 Å². The summed E-state index contributed by atoms with van der Waals surface area (Å²) in [6.45, 7) is 8.77. The average molecular weight is 575 g/mol. The second-order valence-corrected chi connectivity index (χ2v) is 10.8. The summed E-state index contributed by atoms with van der Waals surface area (Å²) in [5.41, 5.74) is 6.68. The van der Waals surface area contributed by atoms with Crippen LogP contribution < -0.4 is 4.74 Å². The van der Waals surface area contributed by atoms with Gasteiger partial charge in [0.1, 0.15) is 23.2 Å². The van der Waals surface area contributed by atoms with Crippen LogP contribution in [0.2, 0.25) is 0 Å². The highest BCUT2D eigenvalue weighted by molar-refractivity contribution is 9.10. The molecule has 0 aliphatic heterocycles. The molecule has 5 aromatic rings. The minimum absolute atomic E-state index is 0.0497. The molecule has 1 aromatic heterocycles. The van der Waals surface area contributed by atoms with Crippen LogP contribution in [0.25, 0.3) is 39.2 Å². The summed E-state index contributed by atoms with van der Waals surface area (Å²) in [6, 6.07) is 22.3. The Morgan fingerprint density at radius 2 is 1.47 bits per heavy atom. The molecule has 3 nitrogen and oxygen atoms in total. The normalized spacial score (nSPS) is 11.6. The van der Waals surface area contributed by atoms with Crippen LogP contribution in [0.1, 0.15) is 50.7 Å². The maximum atomic E-state index is 15.1. The van der Waals surface area contributed by atoms with Crippen LogP contribution in [-0.2, 0) is 0 Å². The van der Waals surface area contributed by atoms with Gasteiger partial charge in [-0.3, -0.25) is 4.57 Å². The summed E-state index contributed by atoms with van der Waals surface area (Å²) in [5, 5.41) is 0. The Morgan fingerprint density at radius 1 is 0.816 bits per heavy atom. The van der Waals surface area contributed by atoms with E-state index in [-0.39, 0.29) is 21.9 Å². The van der Waals surface area contributed by atoms with Crippen molar-refractivity contribution in [2.24, 2.45) is 0 Å². The Morgan fingerprint density at radius 3 is 2.13 bits per heavy atom. The SMILES string of the molecule is COc1ccc(-c2nc3ccccc3n2-c2c(C(C)C)cccc2C(C)C)cc1-c1c(F)ccc(F)c1Br. The van der Waals surface area contributed by atoms with E-state index in [0.29, 0.717) is 11.3 Å². The highest BCUT2D eigenvalue weighted by Crippen LogP contribution is 2.42. The lowest BCUT2D eigenvalue weighted by atomic mass is 9.92. The Labute approximate surface area is 230 Å². The van der Waals surface area contributed by atoms with Crippen molar-refractivity contribution in [2.75, 3.05) is 7.11 Å². The number of rotatable bonds is 6. The van der Waals surface area contributed by atoms with Crippen LogP contribution in [0, 0.1) is 11.6 Å². The van der Waals surface area contributed by atoms with E-state index in [1.54, 1.807) is 6.07 Å². The van der Waals surface area contributed by atoms with E-state index in [9.17, 15) is 4.39 Å². The van der Waals surface area contributed by atoms with Gasteiger partial charge in [0.15, 0.2) is 0 Å². The van der Waals surface area contributed by atoms with Gasteiger partial charge in [-0.2, -0.15) is 0 Å². The number of imidazole rings is 1. The molecule has 0 saturated heterocycles. The quantitative estimate of drug-likeness (QED) is 0.189. The molecule has 5 rings (SSSR count). The van der Waals surface area contributed by atoms with E-state index < -0.39 is 11.6 Å². The molecule has 38 heavy (non-hydrogen) atoms. The Kier molecular flexibility index (Phi) is 7.10. The van der Waals surface area contributed by atoms with Crippen molar-refractivity contribution >= 4 is 27.0 Å². The third-order valence-corrected chi connectivity index (χ3v) is 7.67. The first-order chi connectivity index (χ1) is 18.2. The Bertz CT molecular complexity index is 1630. The first-order valence-corrected chi connectivity index (χ1v) is 13.4. The first-order valence-electron chi connectivity index (χ1n) is 12.7. The highest BCUT2D eigenvalue weighted by atomic mass is 79.9. The van der Waals surface area contributed by atoms with Crippen molar-refractivity contribution in [1.82, 2.24) is 9.55 Å². The van der Waals surface area contributed by atoms with Crippen molar-refractivity contribution in [1.29, 1.82) is 0 Å². The van der Waals surface area contributed by atoms with Gasteiger partial charge in [-0.15, -0.1) is 0 Å². The molecule has 0 bridgehead atoms. The second kappa shape index (κ2) is 10.3. The highest BCUT2D eigenvalue weighted by Gasteiger charge is 2.24. The van der Waals surface area contributed by atoms with Crippen LogP contribution in [0.5, 0.6) is 5.75 Å². The topological polar surface area (TPSA) is 27.1 Å². The lowest BCUT2D eigenvalue weighted by Gasteiger charge is -2.23. The maximum absolute atomic E-state index is 15.1. The fraction of sp³-hybridized carbons (Fsp3) is 0.219. The molecule has 0 amide bonds. The van der Waals surface area contributed by atoms with Crippen LogP contribution in [0.3, 0.4) is 0 Å². The molecule has 4 aromatic carbocycles. The number of hydrogen-bond acceptors (Lipinski definition) is 2. The minimum atomic E-state index is -0.548. The van der Waals surface area contributed by atoms with Gasteiger partial charge in [0, 0.05) is 16.7 Å².